The highest BCUT2D eigenvalue weighted by Gasteiger charge is 2.30. The zero-order chi connectivity index (χ0) is 18.6. The minimum absolute atomic E-state index is 0.0394. The van der Waals surface area contributed by atoms with Gasteiger partial charge in [0.1, 0.15) is 0 Å². The van der Waals surface area contributed by atoms with Crippen LogP contribution in [-0.2, 0) is 10.5 Å². The number of hydrogen-bond donors (Lipinski definition) is 1. The number of thioether (sulfide) groups is 1. The summed E-state index contributed by atoms with van der Waals surface area (Å²) in [6.45, 7) is 0. The van der Waals surface area contributed by atoms with Gasteiger partial charge in [-0.1, -0.05) is 72.8 Å². The number of carbonyl (C=O) groups excluding carboxylic acids is 1. The molecule has 3 aromatic rings. The molecular weight excluding hydrogens is 352 g/mol. The van der Waals surface area contributed by atoms with Crippen molar-refractivity contribution < 1.29 is 4.79 Å². The Balaban J connectivity index is 1.73. The minimum atomic E-state index is -0.215. The van der Waals surface area contributed by atoms with Gasteiger partial charge in [0.15, 0.2) is 0 Å². The third-order valence-electron chi connectivity index (χ3n) is 4.78. The molecule has 0 saturated carbocycles. The molecule has 0 fully saturated rings. The molecule has 4 rings (SSSR count). The van der Waals surface area contributed by atoms with Gasteiger partial charge in [-0.25, -0.2) is 0 Å². The largest absolute Gasteiger partial charge is 0.320 e. The lowest BCUT2D eigenvalue weighted by Crippen LogP contribution is -2.30. The first-order chi connectivity index (χ1) is 13.3. The van der Waals surface area contributed by atoms with Crippen LogP contribution in [0.15, 0.2) is 83.4 Å². The van der Waals surface area contributed by atoms with Crippen molar-refractivity contribution in [3.05, 3.63) is 94.5 Å². The second-order valence-corrected chi connectivity index (χ2v) is 7.49. The molecule has 0 spiro atoms. The Kier molecular flexibility index (Phi) is 4.95. The monoisotopic (exact) mass is 370 g/mol. The summed E-state index contributed by atoms with van der Waals surface area (Å²) in [5, 5.41) is 15.7. The molecule has 0 aromatic heterocycles. The third kappa shape index (κ3) is 3.60. The molecule has 0 radical (unpaired) electrons. The topological polar surface area (TPSA) is 52.9 Å². The summed E-state index contributed by atoms with van der Waals surface area (Å²) in [6.07, 6.45) is 0.298. The van der Waals surface area contributed by atoms with Crippen LogP contribution in [0.5, 0.6) is 0 Å². The van der Waals surface area contributed by atoms with Gasteiger partial charge in [0.2, 0.25) is 5.91 Å². The summed E-state index contributed by atoms with van der Waals surface area (Å²) < 4.78 is 0. The Labute approximate surface area is 162 Å². The highest BCUT2D eigenvalue weighted by Crippen LogP contribution is 2.39. The summed E-state index contributed by atoms with van der Waals surface area (Å²) in [5.41, 5.74) is 2.85. The van der Waals surface area contributed by atoms with Crippen molar-refractivity contribution >= 4 is 28.4 Å². The van der Waals surface area contributed by atoms with Gasteiger partial charge >= 0.3 is 0 Å². The number of nitriles is 1. The van der Waals surface area contributed by atoms with Crippen LogP contribution in [0.1, 0.15) is 23.5 Å². The molecule has 0 unspecified atom stereocenters. The number of nitrogens with one attached hydrogen (secondary N) is 1. The SMILES string of the molecule is N#CC1=C(SCc2ccccc2)NC(=O)C[C@H]1c1cccc2ccccc12. The zero-order valence-electron chi connectivity index (χ0n) is 14.7. The molecule has 1 aliphatic rings. The van der Waals surface area contributed by atoms with Gasteiger partial charge in [-0.05, 0) is 21.9 Å². The Morgan fingerprint density at radius 2 is 1.74 bits per heavy atom. The van der Waals surface area contributed by atoms with Gasteiger partial charge in [-0.15, -0.1) is 11.8 Å². The van der Waals surface area contributed by atoms with E-state index in [1.54, 1.807) is 0 Å². The fraction of sp³-hybridized carbons (Fsp3) is 0.130. The van der Waals surface area contributed by atoms with E-state index in [1.165, 1.54) is 11.8 Å². The van der Waals surface area contributed by atoms with Crippen molar-refractivity contribution in [3.8, 4) is 6.07 Å². The number of benzene rings is 3. The van der Waals surface area contributed by atoms with Gasteiger partial charge < -0.3 is 5.32 Å². The number of fused-ring (bicyclic) bond motifs is 1. The van der Waals surface area contributed by atoms with E-state index in [0.717, 1.165) is 21.9 Å². The number of amides is 1. The molecule has 1 N–H and O–H groups in total. The van der Waals surface area contributed by atoms with Gasteiger partial charge in [0, 0.05) is 18.1 Å². The molecule has 1 atom stereocenters. The van der Waals surface area contributed by atoms with Crippen LogP contribution in [0.2, 0.25) is 0 Å². The average molecular weight is 370 g/mol. The van der Waals surface area contributed by atoms with Crippen LogP contribution in [0.3, 0.4) is 0 Å². The summed E-state index contributed by atoms with van der Waals surface area (Å²) in [4.78, 5) is 12.4. The molecule has 3 aromatic carbocycles. The van der Waals surface area contributed by atoms with E-state index in [9.17, 15) is 10.1 Å². The van der Waals surface area contributed by atoms with Crippen molar-refractivity contribution in [2.75, 3.05) is 0 Å². The first-order valence-corrected chi connectivity index (χ1v) is 9.83. The minimum Gasteiger partial charge on any atom is -0.320 e. The van der Waals surface area contributed by atoms with E-state index in [0.29, 0.717) is 22.8 Å². The zero-order valence-corrected chi connectivity index (χ0v) is 15.5. The Morgan fingerprint density at radius 1 is 1.00 bits per heavy atom. The molecule has 0 bridgehead atoms. The molecule has 27 heavy (non-hydrogen) atoms. The standard InChI is InChI=1S/C23H18N2OS/c24-14-21-20(19-12-6-10-17-9-4-5-11-18(17)19)13-22(26)25-23(21)27-15-16-7-2-1-3-8-16/h1-12,20H,13,15H2,(H,25,26)/t20-/m0/s1. The van der Waals surface area contributed by atoms with Crippen molar-refractivity contribution in [2.45, 2.75) is 18.1 Å². The smallest absolute Gasteiger partial charge is 0.225 e. The normalized spacial score (nSPS) is 16.9. The Hall–Kier alpha value is -3.03. The highest BCUT2D eigenvalue weighted by molar-refractivity contribution is 8.02. The highest BCUT2D eigenvalue weighted by atomic mass is 32.2. The lowest BCUT2D eigenvalue weighted by Gasteiger charge is -2.26. The molecule has 4 heteroatoms. The van der Waals surface area contributed by atoms with Crippen LogP contribution in [0, 0.1) is 11.3 Å². The molecular formula is C23H18N2OS. The van der Waals surface area contributed by atoms with Crippen molar-refractivity contribution in [1.82, 2.24) is 5.32 Å². The Bertz CT molecular complexity index is 1060. The van der Waals surface area contributed by atoms with Gasteiger partial charge in [-0.2, -0.15) is 5.26 Å². The van der Waals surface area contributed by atoms with E-state index in [4.69, 9.17) is 0 Å². The van der Waals surface area contributed by atoms with Crippen LogP contribution in [0.4, 0.5) is 0 Å². The van der Waals surface area contributed by atoms with Crippen LogP contribution >= 0.6 is 11.8 Å². The molecule has 3 nitrogen and oxygen atoms in total. The first kappa shape index (κ1) is 17.4. The Morgan fingerprint density at radius 3 is 2.56 bits per heavy atom. The number of hydrogen-bond acceptors (Lipinski definition) is 3. The fourth-order valence-electron chi connectivity index (χ4n) is 3.48. The van der Waals surface area contributed by atoms with E-state index in [-0.39, 0.29) is 11.8 Å². The van der Waals surface area contributed by atoms with Gasteiger partial charge in [-0.3, -0.25) is 4.79 Å². The molecule has 132 valence electrons. The number of allylic oxidation sites excluding steroid dienone is 1. The quantitative estimate of drug-likeness (QED) is 0.694. The maximum absolute atomic E-state index is 12.4. The number of nitrogens with zero attached hydrogens (tertiary/aromatic N) is 1. The maximum Gasteiger partial charge on any atom is 0.225 e. The summed E-state index contributed by atoms with van der Waals surface area (Å²) in [5.74, 6) is 0.458. The van der Waals surface area contributed by atoms with Crippen molar-refractivity contribution in [2.24, 2.45) is 0 Å². The van der Waals surface area contributed by atoms with Crippen LogP contribution in [-0.4, -0.2) is 5.91 Å². The van der Waals surface area contributed by atoms with E-state index >= 15 is 0 Å². The predicted octanol–water partition coefficient (Wildman–Crippen LogP) is 5.11. The fourth-order valence-corrected chi connectivity index (χ4v) is 4.52. The maximum atomic E-state index is 12.4. The number of carbonyl (C=O) groups is 1. The average Bonchev–Trinajstić information content (AvgIpc) is 2.72. The van der Waals surface area contributed by atoms with E-state index < -0.39 is 0 Å². The lowest BCUT2D eigenvalue weighted by atomic mass is 9.84. The second-order valence-electron chi connectivity index (χ2n) is 6.50. The molecule has 0 saturated heterocycles. The summed E-state index contributed by atoms with van der Waals surface area (Å²) in [7, 11) is 0. The van der Waals surface area contributed by atoms with E-state index in [1.807, 2.05) is 54.6 Å². The molecule has 0 aliphatic carbocycles. The first-order valence-electron chi connectivity index (χ1n) is 8.85. The van der Waals surface area contributed by atoms with Gasteiger partial charge in [0.05, 0.1) is 16.7 Å². The molecule has 1 amide bonds. The molecule has 1 aliphatic heterocycles. The van der Waals surface area contributed by atoms with Gasteiger partial charge in [0.25, 0.3) is 0 Å². The summed E-state index contributed by atoms with van der Waals surface area (Å²) in [6, 6.07) is 26.6. The lowest BCUT2D eigenvalue weighted by molar-refractivity contribution is -0.120. The molecule has 1 heterocycles. The summed E-state index contributed by atoms with van der Waals surface area (Å²) >= 11 is 1.52. The second kappa shape index (κ2) is 7.69. The van der Waals surface area contributed by atoms with Crippen molar-refractivity contribution in [3.63, 3.8) is 0 Å². The van der Waals surface area contributed by atoms with Crippen LogP contribution < -0.4 is 5.32 Å². The number of rotatable bonds is 4. The van der Waals surface area contributed by atoms with E-state index in [2.05, 4.69) is 29.6 Å². The third-order valence-corrected chi connectivity index (χ3v) is 5.87. The van der Waals surface area contributed by atoms with Crippen molar-refractivity contribution in [1.29, 1.82) is 5.26 Å². The van der Waals surface area contributed by atoms with Crippen LogP contribution in [0.25, 0.3) is 10.8 Å². The predicted molar refractivity (Wildman–Crippen MR) is 110 cm³/mol.